The van der Waals surface area contributed by atoms with E-state index in [1.807, 2.05) is 23.1 Å². The van der Waals surface area contributed by atoms with Gasteiger partial charge in [0.25, 0.3) is 21.6 Å². The van der Waals surface area contributed by atoms with Crippen LogP contribution in [0.1, 0.15) is 69.8 Å². The Kier molecular flexibility index (Phi) is 14.7. The molecule has 0 radical (unpaired) electrons. The van der Waals surface area contributed by atoms with Gasteiger partial charge in [0.15, 0.2) is 0 Å². The fourth-order valence-electron chi connectivity index (χ4n) is 9.02. The predicted octanol–water partition coefficient (Wildman–Crippen LogP) is 8.28. The van der Waals surface area contributed by atoms with Gasteiger partial charge in [0.1, 0.15) is 28.4 Å². The highest BCUT2D eigenvalue weighted by atomic mass is 35.5. The smallest absolute Gasteiger partial charge is 0.320 e. The summed E-state index contributed by atoms with van der Waals surface area (Å²) in [6, 6.07) is 20.1. The van der Waals surface area contributed by atoms with Crippen LogP contribution in [0.25, 0.3) is 16.6 Å². The molecule has 1 amide bonds. The number of pyridine rings is 1. The first-order valence-corrected chi connectivity index (χ1v) is 25.0. The fourth-order valence-corrected chi connectivity index (χ4v) is 10.1. The Morgan fingerprint density at radius 3 is 2.51 bits per heavy atom. The molecule has 1 aliphatic carbocycles. The fraction of sp³-hybridized carbons (Fsp3) is 0.420. The number of anilines is 2. The second-order valence-electron chi connectivity index (χ2n) is 19.6. The number of ether oxygens (including phenoxy) is 3. The molecule has 2 aromatic heterocycles. The van der Waals surface area contributed by atoms with Gasteiger partial charge in [0.2, 0.25) is 0 Å². The summed E-state index contributed by atoms with van der Waals surface area (Å²) in [6.45, 7) is 15.3. The maximum atomic E-state index is 14.0. The number of sulfonamides is 1. The van der Waals surface area contributed by atoms with Gasteiger partial charge in [-0.3, -0.25) is 29.5 Å². The lowest BCUT2D eigenvalue weighted by molar-refractivity contribution is -0.384. The molecule has 0 bridgehead atoms. The molecule has 3 aliphatic rings. The number of nitrogens with zero attached hydrogens (tertiary/aromatic N) is 5. The van der Waals surface area contributed by atoms with Crippen LogP contribution in [0.4, 0.5) is 17.1 Å². The molecule has 8 rings (SSSR count). The number of aromatic amines is 1. The number of H-pyrrole nitrogens is 1. The number of nitro benzene ring substituents is 1. The highest BCUT2D eigenvalue weighted by Crippen LogP contribution is 2.43. The Morgan fingerprint density at radius 2 is 1.77 bits per heavy atom. The summed E-state index contributed by atoms with van der Waals surface area (Å²) in [7, 11) is -4.64. The number of halogens is 1. The number of esters is 1. The normalized spacial score (nSPS) is 18.2. The van der Waals surface area contributed by atoms with Gasteiger partial charge in [-0.1, -0.05) is 43.2 Å². The molecule has 2 fully saturated rings. The van der Waals surface area contributed by atoms with E-state index in [2.05, 4.69) is 55.8 Å². The van der Waals surface area contributed by atoms with Crippen LogP contribution >= 0.6 is 11.6 Å². The summed E-state index contributed by atoms with van der Waals surface area (Å²) in [5.74, 6) is -0.935. The monoisotopic (exact) mass is 982 g/mol. The average Bonchev–Trinajstić information content (AvgIpc) is 3.77. The molecule has 19 heteroatoms. The van der Waals surface area contributed by atoms with Crippen LogP contribution in [-0.2, 0) is 24.3 Å². The molecule has 5 aromatic rings. The van der Waals surface area contributed by atoms with Gasteiger partial charge in [-0.15, -0.1) is 0 Å². The lowest BCUT2D eigenvalue weighted by Gasteiger charge is -2.39. The Morgan fingerprint density at radius 1 is 1.00 bits per heavy atom. The number of morpholine rings is 1. The summed E-state index contributed by atoms with van der Waals surface area (Å²) in [5, 5.41) is 16.8. The maximum absolute atomic E-state index is 14.0. The second-order valence-corrected chi connectivity index (χ2v) is 21.7. The molecule has 3 N–H and O–H groups in total. The minimum Gasteiger partial charge on any atom is -0.459 e. The third-order valence-electron chi connectivity index (χ3n) is 12.6. The zero-order valence-corrected chi connectivity index (χ0v) is 41.1. The first-order valence-electron chi connectivity index (χ1n) is 23.1. The Bertz CT molecular complexity index is 2850. The Hall–Kier alpha value is -6.05. The Labute approximate surface area is 407 Å². The van der Waals surface area contributed by atoms with Crippen molar-refractivity contribution in [1.29, 1.82) is 0 Å². The van der Waals surface area contributed by atoms with E-state index in [1.54, 1.807) is 45.2 Å². The van der Waals surface area contributed by atoms with E-state index >= 15 is 0 Å². The number of nitro groups is 1. The molecule has 17 nitrogen and oxygen atoms in total. The number of rotatable bonds is 15. The minimum absolute atomic E-state index is 0.0519. The Balaban J connectivity index is 0.964. The summed E-state index contributed by atoms with van der Waals surface area (Å²) in [6.07, 6.45) is 5.99. The maximum Gasteiger partial charge on any atom is 0.320 e. The number of hydrogen-bond donors (Lipinski definition) is 3. The molecule has 1 unspecified atom stereocenters. The predicted molar refractivity (Wildman–Crippen MR) is 266 cm³/mol. The summed E-state index contributed by atoms with van der Waals surface area (Å²) in [4.78, 5) is 51.6. The van der Waals surface area contributed by atoms with Crippen LogP contribution in [0.2, 0.25) is 5.02 Å². The van der Waals surface area contributed by atoms with Crippen LogP contribution in [0, 0.1) is 15.5 Å². The van der Waals surface area contributed by atoms with Crippen molar-refractivity contribution in [3.63, 3.8) is 0 Å². The van der Waals surface area contributed by atoms with Gasteiger partial charge >= 0.3 is 5.97 Å². The van der Waals surface area contributed by atoms with Gasteiger partial charge in [0.05, 0.1) is 40.8 Å². The van der Waals surface area contributed by atoms with Crippen molar-refractivity contribution < 1.29 is 37.1 Å². The molecule has 3 aromatic carbocycles. The number of piperazine rings is 1. The molecule has 69 heavy (non-hydrogen) atoms. The van der Waals surface area contributed by atoms with Crippen molar-refractivity contribution in [1.82, 2.24) is 24.5 Å². The topological polar surface area (TPSA) is 202 Å². The SMILES string of the molecule is CC1(C)CCC(CN2CCN(c3ccc(C(=O)NS(=O)(=O)c4ccc(NCC5CN(CC(=O)OC(C)(C)C)CCO5)c([N+](=O)[O-])c4)c(Oc4cnc5[nH]ccc5c4)c3)CC2)=C(c2ccc(Cl)cc2)C1. The van der Waals surface area contributed by atoms with Crippen molar-refractivity contribution >= 4 is 67.2 Å². The lowest BCUT2D eigenvalue weighted by Crippen LogP contribution is -2.47. The first kappa shape index (κ1) is 49.4. The van der Waals surface area contributed by atoms with Crippen LogP contribution in [0.15, 0.2) is 95.7 Å². The second kappa shape index (κ2) is 20.5. The van der Waals surface area contributed by atoms with Gasteiger partial charge in [0, 0.05) is 86.8 Å². The van der Waals surface area contributed by atoms with E-state index < -0.39 is 43.1 Å². The van der Waals surface area contributed by atoms with E-state index in [4.69, 9.17) is 25.8 Å². The number of carbonyl (C=O) groups excluding carboxylic acids is 2. The molecule has 0 spiro atoms. The molecular weight excluding hydrogens is 924 g/mol. The number of amides is 1. The number of hydrogen-bond acceptors (Lipinski definition) is 14. The number of fused-ring (bicyclic) bond motifs is 1. The lowest BCUT2D eigenvalue weighted by atomic mass is 9.72. The van der Waals surface area contributed by atoms with Crippen LogP contribution in [0.3, 0.4) is 0 Å². The number of aromatic nitrogens is 2. The number of benzene rings is 3. The molecule has 366 valence electrons. The summed E-state index contributed by atoms with van der Waals surface area (Å²) >= 11 is 6.25. The van der Waals surface area contributed by atoms with Gasteiger partial charge in [-0.25, -0.2) is 18.1 Å². The molecule has 0 saturated carbocycles. The van der Waals surface area contributed by atoms with Gasteiger partial charge in [-0.05, 0) is 105 Å². The number of allylic oxidation sites excluding steroid dienone is 1. The van der Waals surface area contributed by atoms with E-state index in [0.717, 1.165) is 61.1 Å². The zero-order valence-electron chi connectivity index (χ0n) is 39.5. The van der Waals surface area contributed by atoms with Crippen molar-refractivity contribution in [2.45, 2.75) is 70.5 Å². The van der Waals surface area contributed by atoms with Crippen LogP contribution in [-0.4, -0.2) is 122 Å². The highest BCUT2D eigenvalue weighted by Gasteiger charge is 2.31. The van der Waals surface area contributed by atoms with E-state index in [9.17, 15) is 28.1 Å². The van der Waals surface area contributed by atoms with Gasteiger partial charge < -0.3 is 29.4 Å². The van der Waals surface area contributed by atoms with Crippen molar-refractivity contribution in [3.05, 3.63) is 117 Å². The summed E-state index contributed by atoms with van der Waals surface area (Å²) in [5.41, 5.74) is 4.55. The average molecular weight is 984 g/mol. The van der Waals surface area contributed by atoms with Crippen molar-refractivity contribution in [3.8, 4) is 11.5 Å². The van der Waals surface area contributed by atoms with E-state index in [-0.39, 0.29) is 41.5 Å². The molecule has 1 atom stereocenters. The standard InChI is InChI=1S/C50H59ClN8O9S/c1-49(2,3)68-46(60)32-57-22-23-66-39(31-57)29-53-43-13-11-40(26-44(43)59(62)63)69(64,65)55-48(61)41-12-10-37(25-45(41)67-38-24-34-15-17-52-47(34)54-28-38)58-20-18-56(19-21-58)30-35-14-16-50(4,5)27-42(35)33-6-8-36(51)9-7-33/h6-13,15,17,24-26,28,39,53H,14,16,18-23,27,29-32H2,1-5H3,(H,52,54)(H,55,61). The summed E-state index contributed by atoms with van der Waals surface area (Å²) < 4.78 is 47.4. The molecule has 2 saturated heterocycles. The van der Waals surface area contributed by atoms with Crippen LogP contribution < -0.4 is 19.7 Å². The molecular formula is C50H59ClN8O9S. The largest absolute Gasteiger partial charge is 0.459 e. The van der Waals surface area contributed by atoms with Crippen LogP contribution in [0.5, 0.6) is 11.5 Å². The van der Waals surface area contributed by atoms with Crippen molar-refractivity contribution in [2.75, 3.05) is 75.7 Å². The number of nitrogens with one attached hydrogen (secondary N) is 3. The van der Waals surface area contributed by atoms with E-state index in [1.165, 1.54) is 41.1 Å². The quantitative estimate of drug-likeness (QED) is 0.0514. The van der Waals surface area contributed by atoms with E-state index in [0.29, 0.717) is 44.2 Å². The number of carbonyl (C=O) groups is 2. The minimum atomic E-state index is -4.64. The third kappa shape index (κ3) is 12.6. The molecule has 2 aliphatic heterocycles. The third-order valence-corrected chi connectivity index (χ3v) is 14.1. The van der Waals surface area contributed by atoms with Gasteiger partial charge in [-0.2, -0.15) is 0 Å². The first-order chi connectivity index (χ1) is 32.8. The van der Waals surface area contributed by atoms with Crippen molar-refractivity contribution in [2.24, 2.45) is 5.41 Å². The zero-order chi connectivity index (χ0) is 49.1. The molecule has 4 heterocycles. The highest BCUT2D eigenvalue weighted by molar-refractivity contribution is 7.90.